The Morgan fingerprint density at radius 2 is 1.59 bits per heavy atom. The second kappa shape index (κ2) is 8.08. The lowest BCUT2D eigenvalue weighted by atomic mass is 9.98. The molecule has 5 rings (SSSR count). The third kappa shape index (κ3) is 3.27. The minimum absolute atomic E-state index is 0.0169. The number of benzene rings is 3. The molecule has 2 heterocycles. The van der Waals surface area contributed by atoms with E-state index < -0.39 is 5.43 Å². The van der Waals surface area contributed by atoms with E-state index in [4.69, 9.17) is 18.6 Å². The fraction of sp³-hybridized carbons (Fsp3) is 0.115. The lowest BCUT2D eigenvalue weighted by molar-refractivity contribution is 0.334. The van der Waals surface area contributed by atoms with Crippen molar-refractivity contribution in [1.29, 1.82) is 0 Å². The van der Waals surface area contributed by atoms with Crippen LogP contribution in [0.5, 0.6) is 34.5 Å². The van der Waals surface area contributed by atoms with Gasteiger partial charge in [0.05, 0.1) is 25.3 Å². The van der Waals surface area contributed by atoms with Crippen LogP contribution in [0.15, 0.2) is 57.9 Å². The van der Waals surface area contributed by atoms with Crippen molar-refractivity contribution in [3.63, 3.8) is 0 Å². The van der Waals surface area contributed by atoms with Crippen molar-refractivity contribution in [1.82, 2.24) is 0 Å². The van der Waals surface area contributed by atoms with Gasteiger partial charge in [-0.25, -0.2) is 0 Å². The molecule has 34 heavy (non-hydrogen) atoms. The molecule has 0 amide bonds. The minimum Gasteiger partial charge on any atom is -0.507 e. The third-order valence-electron chi connectivity index (χ3n) is 5.72. The zero-order valence-corrected chi connectivity index (χ0v) is 18.3. The van der Waals surface area contributed by atoms with Crippen molar-refractivity contribution < 1.29 is 33.9 Å². The molecule has 4 aromatic rings. The Morgan fingerprint density at radius 1 is 0.853 bits per heavy atom. The van der Waals surface area contributed by atoms with Gasteiger partial charge >= 0.3 is 0 Å². The molecule has 0 bridgehead atoms. The zero-order valence-electron chi connectivity index (χ0n) is 18.3. The summed E-state index contributed by atoms with van der Waals surface area (Å²) in [5.41, 5.74) is 1.82. The summed E-state index contributed by atoms with van der Waals surface area (Å²) in [4.78, 5) is 13.3. The van der Waals surface area contributed by atoms with Crippen molar-refractivity contribution in [2.24, 2.45) is 0 Å². The van der Waals surface area contributed by atoms with Crippen LogP contribution in [0.2, 0.25) is 0 Å². The van der Waals surface area contributed by atoms with E-state index in [1.165, 1.54) is 38.7 Å². The molecule has 0 saturated carbocycles. The molecule has 0 unspecified atom stereocenters. The first-order chi connectivity index (χ1) is 16.4. The lowest BCUT2D eigenvalue weighted by Crippen LogP contribution is -2.07. The summed E-state index contributed by atoms with van der Waals surface area (Å²) in [7, 11) is 2.76. The van der Waals surface area contributed by atoms with Crippen LogP contribution in [0, 0.1) is 0 Å². The maximum atomic E-state index is 13.3. The van der Waals surface area contributed by atoms with Gasteiger partial charge in [0.1, 0.15) is 41.1 Å². The molecular formula is C26H20O8. The average Bonchev–Trinajstić information content (AvgIpc) is 2.84. The number of hydrogen-bond donors (Lipinski definition) is 3. The SMILES string of the molecule is COc1c(O)ccc(-c2coc3cc(-c4cc(O)c5c(c4)OCC=C5)cc(O)c3c2=O)c1OC. The highest BCUT2D eigenvalue weighted by Crippen LogP contribution is 2.44. The maximum Gasteiger partial charge on any atom is 0.204 e. The topological polar surface area (TPSA) is 119 Å². The number of fused-ring (bicyclic) bond motifs is 2. The highest BCUT2D eigenvalue weighted by Gasteiger charge is 2.22. The van der Waals surface area contributed by atoms with Crippen LogP contribution in [-0.2, 0) is 0 Å². The zero-order chi connectivity index (χ0) is 24.0. The molecule has 172 valence electrons. The smallest absolute Gasteiger partial charge is 0.204 e. The monoisotopic (exact) mass is 460 g/mol. The van der Waals surface area contributed by atoms with Crippen LogP contribution < -0.4 is 19.6 Å². The number of phenols is 3. The van der Waals surface area contributed by atoms with Gasteiger partial charge in [-0.05, 0) is 59.7 Å². The summed E-state index contributed by atoms with van der Waals surface area (Å²) in [6.07, 6.45) is 4.85. The number of methoxy groups -OCH3 is 2. The molecule has 0 spiro atoms. The van der Waals surface area contributed by atoms with Crippen molar-refractivity contribution >= 4 is 17.0 Å². The van der Waals surface area contributed by atoms with Crippen molar-refractivity contribution in [2.75, 3.05) is 20.8 Å². The van der Waals surface area contributed by atoms with Gasteiger partial charge in [0.25, 0.3) is 0 Å². The summed E-state index contributed by atoms with van der Waals surface area (Å²) >= 11 is 0. The molecule has 3 N–H and O–H groups in total. The molecule has 0 atom stereocenters. The largest absolute Gasteiger partial charge is 0.507 e. The van der Waals surface area contributed by atoms with Crippen LogP contribution in [0.3, 0.4) is 0 Å². The molecule has 8 heteroatoms. The number of aromatic hydroxyl groups is 3. The Morgan fingerprint density at radius 3 is 2.35 bits per heavy atom. The van der Waals surface area contributed by atoms with E-state index in [0.717, 1.165) is 0 Å². The Balaban J connectivity index is 1.67. The fourth-order valence-electron chi connectivity index (χ4n) is 4.12. The van der Waals surface area contributed by atoms with Crippen LogP contribution in [0.1, 0.15) is 5.56 Å². The molecule has 0 fully saturated rings. The summed E-state index contributed by atoms with van der Waals surface area (Å²) in [5.74, 6) is 0.349. The van der Waals surface area contributed by atoms with Crippen molar-refractivity contribution in [3.05, 3.63) is 64.5 Å². The Labute approximate surface area is 193 Å². The quantitative estimate of drug-likeness (QED) is 0.402. The van der Waals surface area contributed by atoms with Gasteiger partial charge in [-0.15, -0.1) is 0 Å². The highest BCUT2D eigenvalue weighted by molar-refractivity contribution is 5.92. The molecule has 8 nitrogen and oxygen atoms in total. The number of hydrogen-bond acceptors (Lipinski definition) is 8. The van der Waals surface area contributed by atoms with E-state index in [0.29, 0.717) is 34.6 Å². The normalized spacial score (nSPS) is 12.3. The van der Waals surface area contributed by atoms with E-state index in [1.54, 1.807) is 30.4 Å². The van der Waals surface area contributed by atoms with E-state index in [1.807, 2.05) is 0 Å². The Kier molecular flexibility index (Phi) is 5.05. The predicted molar refractivity (Wildman–Crippen MR) is 126 cm³/mol. The first-order valence-corrected chi connectivity index (χ1v) is 10.3. The molecule has 1 aliphatic heterocycles. The number of rotatable bonds is 4. The summed E-state index contributed by atoms with van der Waals surface area (Å²) in [5, 5.41) is 31.2. The van der Waals surface area contributed by atoms with Crippen molar-refractivity contribution in [2.45, 2.75) is 0 Å². The van der Waals surface area contributed by atoms with Gasteiger partial charge in [-0.3, -0.25) is 4.79 Å². The molecule has 0 aliphatic carbocycles. The minimum atomic E-state index is -0.488. The van der Waals surface area contributed by atoms with Crippen molar-refractivity contribution in [3.8, 4) is 56.8 Å². The molecule has 0 saturated heterocycles. The van der Waals surface area contributed by atoms with Gasteiger partial charge in [-0.2, -0.15) is 0 Å². The van der Waals surface area contributed by atoms with Gasteiger partial charge in [0.2, 0.25) is 11.2 Å². The average molecular weight is 460 g/mol. The van der Waals surface area contributed by atoms with E-state index >= 15 is 0 Å². The first-order valence-electron chi connectivity index (χ1n) is 10.3. The summed E-state index contributed by atoms with van der Waals surface area (Å²) in [6.45, 7) is 0.391. The third-order valence-corrected chi connectivity index (χ3v) is 5.72. The Bertz CT molecular complexity index is 1530. The van der Waals surface area contributed by atoms with Gasteiger partial charge in [0, 0.05) is 5.56 Å². The lowest BCUT2D eigenvalue weighted by Gasteiger charge is -2.16. The number of ether oxygens (including phenoxy) is 3. The van der Waals surface area contributed by atoms with Crippen LogP contribution in [0.25, 0.3) is 39.3 Å². The summed E-state index contributed by atoms with van der Waals surface area (Å²) < 4.78 is 21.9. The second-order valence-corrected chi connectivity index (χ2v) is 7.67. The van der Waals surface area contributed by atoms with Gasteiger partial charge < -0.3 is 33.9 Å². The number of phenolic OH excluding ortho intramolecular Hbond substituents is 3. The summed E-state index contributed by atoms with van der Waals surface area (Å²) in [6, 6.07) is 9.22. The standard InChI is InChI=1S/C26H20O8/c1-31-25-15(5-6-18(27)26(25)32-2)17-12-34-22-11-14(9-20(29)23(22)24(17)30)13-8-19(28)16-4-3-7-33-21(16)10-13/h3-6,8-12,27-29H,7H2,1-2H3. The molecular weight excluding hydrogens is 440 g/mol. The van der Waals surface area contributed by atoms with Crippen LogP contribution in [0.4, 0.5) is 0 Å². The first kappa shape index (κ1) is 21.3. The van der Waals surface area contributed by atoms with Crippen LogP contribution >= 0.6 is 0 Å². The van der Waals surface area contributed by atoms with Crippen LogP contribution in [-0.4, -0.2) is 36.1 Å². The molecule has 3 aromatic carbocycles. The second-order valence-electron chi connectivity index (χ2n) is 7.67. The molecule has 1 aromatic heterocycles. The fourth-order valence-corrected chi connectivity index (χ4v) is 4.12. The van der Waals surface area contributed by atoms with Gasteiger partial charge in [-0.1, -0.05) is 0 Å². The Hall–Kier alpha value is -4.59. The molecule has 1 aliphatic rings. The predicted octanol–water partition coefficient (Wildman–Crippen LogP) is 4.67. The van der Waals surface area contributed by atoms with E-state index in [9.17, 15) is 20.1 Å². The van der Waals surface area contributed by atoms with E-state index in [2.05, 4.69) is 0 Å². The highest BCUT2D eigenvalue weighted by atomic mass is 16.5. The van der Waals surface area contributed by atoms with E-state index in [-0.39, 0.29) is 45.3 Å². The molecule has 0 radical (unpaired) electrons. The van der Waals surface area contributed by atoms with Gasteiger partial charge in [0.15, 0.2) is 11.5 Å². The maximum absolute atomic E-state index is 13.3.